The quantitative estimate of drug-likeness (QED) is 0.0195. The van der Waals surface area contributed by atoms with Crippen molar-refractivity contribution in [2.75, 3.05) is 26.2 Å². The van der Waals surface area contributed by atoms with Gasteiger partial charge in [-0.15, -0.1) is 0 Å². The van der Waals surface area contributed by atoms with E-state index in [0.29, 0.717) is 91.2 Å². The molecule has 29 nitrogen and oxygen atoms in total. The summed E-state index contributed by atoms with van der Waals surface area (Å²) in [5, 5.41) is 30.1. The zero-order valence-electron chi connectivity index (χ0n) is 59.8. The first kappa shape index (κ1) is 83.8. The van der Waals surface area contributed by atoms with E-state index < -0.39 is 125 Å². The van der Waals surface area contributed by atoms with Gasteiger partial charge in [0.2, 0.25) is 53.2 Å². The van der Waals surface area contributed by atoms with Crippen LogP contribution in [0.1, 0.15) is 134 Å². The molecule has 29 heteroatoms. The molecule has 0 unspecified atom stereocenters. The van der Waals surface area contributed by atoms with Crippen LogP contribution in [0, 0.1) is 5.92 Å². The van der Waals surface area contributed by atoms with Gasteiger partial charge in [-0.3, -0.25) is 57.5 Å². The Morgan fingerprint density at radius 1 is 0.385 bits per heavy atom. The molecular weight excluding hydrogens is 1330 g/mol. The minimum Gasteiger partial charge on any atom is -0.368 e. The molecule has 0 bridgehead atoms. The second kappa shape index (κ2) is 44.5. The molecule has 1 aromatic heterocycles. The monoisotopic (exact) mass is 1430 g/mol. The van der Waals surface area contributed by atoms with E-state index in [2.05, 4.69) is 63.5 Å². The van der Waals surface area contributed by atoms with Crippen LogP contribution in [0.4, 0.5) is 0 Å². The topological polar surface area (TPSA) is 483 Å². The molecule has 4 aromatic carbocycles. The molecule has 5 rings (SSSR count). The second-order valence-corrected chi connectivity index (χ2v) is 25.6. The highest BCUT2D eigenvalue weighted by atomic mass is 16.2. The van der Waals surface area contributed by atoms with Crippen molar-refractivity contribution in [2.24, 2.45) is 34.6 Å². The second-order valence-electron chi connectivity index (χ2n) is 25.6. The third kappa shape index (κ3) is 28.5. The molecule has 0 aliphatic rings. The molecule has 8 atom stereocenters. The summed E-state index contributed by atoms with van der Waals surface area (Å²) in [5.41, 5.74) is 30.4. The molecule has 0 spiro atoms. The Labute approximate surface area is 606 Å². The van der Waals surface area contributed by atoms with E-state index in [1.807, 2.05) is 18.2 Å². The highest BCUT2D eigenvalue weighted by Crippen LogP contribution is 2.21. The minimum absolute atomic E-state index is 0.00641. The summed E-state index contributed by atoms with van der Waals surface area (Å²) >= 11 is 0. The van der Waals surface area contributed by atoms with Gasteiger partial charge in [-0.2, -0.15) is 0 Å². The number of primary amides is 1. The van der Waals surface area contributed by atoms with Gasteiger partial charge >= 0.3 is 0 Å². The van der Waals surface area contributed by atoms with Crippen LogP contribution < -0.4 is 87.2 Å². The maximum atomic E-state index is 15.1. The lowest BCUT2D eigenvalue weighted by Crippen LogP contribution is -2.57. The predicted molar refractivity (Wildman–Crippen MR) is 398 cm³/mol. The van der Waals surface area contributed by atoms with Gasteiger partial charge in [0.25, 0.3) is 17.7 Å². The number of nitrogens with two attached hydrogens (primary N) is 5. The lowest BCUT2D eigenvalue weighted by molar-refractivity contribution is -0.133. The Morgan fingerprint density at radius 2 is 0.760 bits per heavy atom. The van der Waals surface area contributed by atoms with Crippen molar-refractivity contribution in [3.63, 3.8) is 0 Å². The number of hydrogen-bond donors (Lipinski definition) is 17. The first-order chi connectivity index (χ1) is 49.9. The van der Waals surface area contributed by atoms with Crippen molar-refractivity contribution in [3.05, 3.63) is 161 Å². The molecular formula is C75H103N17O12. The molecule has 104 heavy (non-hydrogen) atoms. The molecule has 0 saturated heterocycles. The van der Waals surface area contributed by atoms with E-state index in [1.165, 1.54) is 39.0 Å². The fourth-order valence-corrected chi connectivity index (χ4v) is 10.9. The Bertz CT molecular complexity index is 3790. The number of aromatic amines is 1. The molecule has 0 radical (unpaired) electrons. The van der Waals surface area contributed by atoms with Crippen LogP contribution in [-0.2, 0) is 64.0 Å². The largest absolute Gasteiger partial charge is 0.368 e. The SMILES string of the molecule is CC(=O)N[C@@H](CCCCN)C(=O)N[C@@H](C)C(=O)N/C(=C/c1ccccc1)C(=O)N[C@@H](Cc1c[nH]c2ccccc12)C(=O)N[C@@H](CCCCN)C(=O)N/C(=C/c1ccccc1)C(=O)N[C@H](C(=O)N[C@@H](CCCCN)C(=O)N/C(=C/c1ccccc1)C(=O)N[C@@H](C)C(=O)N[C@@H](CCCCN)C(N)=O)C(C)C. The smallest absolute Gasteiger partial charge is 0.268 e. The summed E-state index contributed by atoms with van der Waals surface area (Å²) in [6.07, 6.45) is 9.68. The summed E-state index contributed by atoms with van der Waals surface area (Å²) < 4.78 is 0. The first-order valence-corrected chi connectivity index (χ1v) is 35.1. The van der Waals surface area contributed by atoms with Crippen LogP contribution in [0.25, 0.3) is 29.1 Å². The van der Waals surface area contributed by atoms with E-state index in [1.54, 1.807) is 117 Å². The number of unbranched alkanes of at least 4 members (excludes halogenated alkanes) is 4. The summed E-state index contributed by atoms with van der Waals surface area (Å²) in [6, 6.07) is 22.5. The molecule has 22 N–H and O–H groups in total. The number of carbonyl (C=O) groups is 12. The third-order valence-electron chi connectivity index (χ3n) is 16.7. The number of rotatable bonds is 44. The Hall–Kier alpha value is -10.9. The minimum atomic E-state index is -1.48. The highest BCUT2D eigenvalue weighted by molar-refractivity contribution is 6.08. The van der Waals surface area contributed by atoms with Crippen LogP contribution in [0.5, 0.6) is 0 Å². The van der Waals surface area contributed by atoms with Crippen molar-refractivity contribution in [2.45, 2.75) is 166 Å². The number of fused-ring (bicyclic) bond motifs is 1. The summed E-state index contributed by atoms with van der Waals surface area (Å²) in [7, 11) is 0. The fraction of sp³-hybridized carbons (Fsp3) is 0.413. The molecule has 12 amide bonds. The number of nitrogens with one attached hydrogen (secondary N) is 12. The van der Waals surface area contributed by atoms with Crippen molar-refractivity contribution >= 4 is 100 Å². The van der Waals surface area contributed by atoms with E-state index in [4.69, 9.17) is 28.7 Å². The maximum Gasteiger partial charge on any atom is 0.268 e. The number of para-hydroxylation sites is 1. The lowest BCUT2D eigenvalue weighted by atomic mass is 10.0. The van der Waals surface area contributed by atoms with Crippen LogP contribution in [0.15, 0.2) is 139 Å². The van der Waals surface area contributed by atoms with E-state index >= 15 is 9.59 Å². The van der Waals surface area contributed by atoms with Gasteiger partial charge in [0.1, 0.15) is 65.4 Å². The zero-order chi connectivity index (χ0) is 76.1. The van der Waals surface area contributed by atoms with Crippen molar-refractivity contribution in [1.29, 1.82) is 0 Å². The Kier molecular flexibility index (Phi) is 35.8. The van der Waals surface area contributed by atoms with Crippen molar-refractivity contribution in [3.8, 4) is 0 Å². The van der Waals surface area contributed by atoms with Crippen molar-refractivity contribution < 1.29 is 57.5 Å². The Balaban J connectivity index is 1.45. The van der Waals surface area contributed by atoms with Crippen molar-refractivity contribution in [1.82, 2.24) is 63.5 Å². The highest BCUT2D eigenvalue weighted by Gasteiger charge is 2.35. The predicted octanol–water partition coefficient (Wildman–Crippen LogP) is 1.78. The average molecular weight is 1430 g/mol. The number of hydrogen-bond acceptors (Lipinski definition) is 16. The van der Waals surface area contributed by atoms with Crippen LogP contribution in [0.2, 0.25) is 0 Å². The lowest BCUT2D eigenvalue weighted by Gasteiger charge is -2.27. The van der Waals surface area contributed by atoms with Gasteiger partial charge in [-0.25, -0.2) is 0 Å². The molecule has 1 heterocycles. The van der Waals surface area contributed by atoms with Crippen LogP contribution in [0.3, 0.4) is 0 Å². The van der Waals surface area contributed by atoms with Gasteiger partial charge in [0.05, 0.1) is 0 Å². The van der Waals surface area contributed by atoms with Gasteiger partial charge in [0.15, 0.2) is 0 Å². The molecule has 5 aromatic rings. The molecule has 0 aliphatic carbocycles. The van der Waals surface area contributed by atoms with E-state index in [9.17, 15) is 47.9 Å². The zero-order valence-corrected chi connectivity index (χ0v) is 59.8. The Morgan fingerprint density at radius 3 is 1.20 bits per heavy atom. The number of benzene rings is 4. The van der Waals surface area contributed by atoms with Crippen LogP contribution in [-0.4, -0.2) is 150 Å². The van der Waals surface area contributed by atoms with Gasteiger partial charge < -0.3 is 92.1 Å². The maximum absolute atomic E-state index is 15.1. The van der Waals surface area contributed by atoms with Gasteiger partial charge in [-0.1, -0.05) is 123 Å². The first-order valence-electron chi connectivity index (χ1n) is 35.1. The molecule has 560 valence electrons. The summed E-state index contributed by atoms with van der Waals surface area (Å²) in [6.45, 7) is 8.50. The van der Waals surface area contributed by atoms with Crippen LogP contribution >= 0.6 is 0 Å². The van der Waals surface area contributed by atoms with Gasteiger partial charge in [0, 0.05) is 30.4 Å². The number of amides is 12. The molecule has 0 aliphatic heterocycles. The summed E-state index contributed by atoms with van der Waals surface area (Å²) in [4.78, 5) is 172. The third-order valence-corrected chi connectivity index (χ3v) is 16.7. The van der Waals surface area contributed by atoms with E-state index in [0.717, 1.165) is 0 Å². The fourth-order valence-electron chi connectivity index (χ4n) is 10.9. The summed E-state index contributed by atoms with van der Waals surface area (Å²) in [5.74, 6) is -10.3. The van der Waals surface area contributed by atoms with Gasteiger partial charge in [-0.05, 0) is 170 Å². The average Bonchev–Trinajstić information content (AvgIpc) is 1.62. The normalized spacial score (nSPS) is 14.0. The number of aromatic nitrogens is 1. The molecule has 0 fully saturated rings. The number of carbonyl (C=O) groups excluding carboxylic acids is 12. The molecule has 0 saturated carbocycles. The standard InChI is InChI=1S/C75H103N17O12/c1-46(2)64(75(104)87-59(36-20-24-40-79)70(99)89-60(41-50-25-9-6-10-26-50)71(100)83-47(3)66(95)85-56(65(80)94)33-17-21-37-76)92-74(103)62(43-52-29-13-8-14-30-52)90-69(98)58(35-19-23-39-78)86-73(102)63(44-53-45-81-55-32-16-15-31-54(53)55)91-72(101)61(42-51-27-11-7-12-28-51)88-67(96)48(4)82-68(97)57(84-49(5)93)34-18-22-38-77/h6-16,25-32,41-43,45-48,56-59,63-64,81H,17-24,33-40,44,76-79H2,1-5H3,(H2,80,94)(H,82,97)(H,83,100)(H,84,93)(H,85,95)(H,86,102)(H,87,104)(H,88,96)(H,89,99)(H,90,98)(H,91,101)(H,92,103)/b60-41+,61-42+,62-43+/t47-,48-,56-,57-,58-,59-,63-,64-/m0/s1. The number of H-pyrrole nitrogens is 1. The van der Waals surface area contributed by atoms with E-state index in [-0.39, 0.29) is 68.7 Å².